The minimum absolute atomic E-state index is 0.180. The molecule has 2 aliphatic rings. The Bertz CT molecular complexity index is 689. The molecule has 1 saturated heterocycles. The van der Waals surface area contributed by atoms with Crippen molar-refractivity contribution in [2.45, 2.75) is 24.2 Å². The van der Waals surface area contributed by atoms with Crippen LogP contribution >= 0.6 is 11.8 Å². The Morgan fingerprint density at radius 1 is 1.35 bits per heavy atom. The first-order chi connectivity index (χ1) is 12.4. The number of carbonyl (C=O) groups excluding carboxylic acids is 1. The lowest BCUT2D eigenvalue weighted by Gasteiger charge is -2.32. The lowest BCUT2D eigenvalue weighted by atomic mass is 9.99. The number of amides is 2. The highest BCUT2D eigenvalue weighted by molar-refractivity contribution is 7.99. The molecule has 2 heterocycles. The van der Waals surface area contributed by atoms with Gasteiger partial charge in [0.05, 0.1) is 18.2 Å². The molecule has 6 nitrogen and oxygen atoms in total. The van der Waals surface area contributed by atoms with Gasteiger partial charge in [0, 0.05) is 36.0 Å². The largest absolute Gasteiger partial charge is 0.481 e. The van der Waals surface area contributed by atoms with Gasteiger partial charge in [-0.15, -0.1) is 11.8 Å². The molecule has 9 heteroatoms. The molecular formula is C17H21F2N3O3S. The van der Waals surface area contributed by atoms with E-state index in [0.29, 0.717) is 37.3 Å². The van der Waals surface area contributed by atoms with Gasteiger partial charge in [-0.05, 0) is 31.0 Å². The number of rotatable bonds is 4. The Labute approximate surface area is 154 Å². The number of anilines is 2. The number of hydrogen-bond acceptors (Lipinski definition) is 4. The summed E-state index contributed by atoms with van der Waals surface area (Å²) >= 11 is 1.60. The van der Waals surface area contributed by atoms with Crippen molar-refractivity contribution in [3.63, 3.8) is 0 Å². The van der Waals surface area contributed by atoms with E-state index in [9.17, 15) is 18.4 Å². The number of halogens is 2. The highest BCUT2D eigenvalue weighted by Crippen LogP contribution is 2.37. The number of fused-ring (bicyclic) bond motifs is 1. The van der Waals surface area contributed by atoms with Crippen LogP contribution in [0, 0.1) is 5.92 Å². The molecule has 0 spiro atoms. The van der Waals surface area contributed by atoms with Crippen LogP contribution in [0.3, 0.4) is 0 Å². The van der Waals surface area contributed by atoms with E-state index in [4.69, 9.17) is 5.11 Å². The third kappa shape index (κ3) is 4.38. The summed E-state index contributed by atoms with van der Waals surface area (Å²) in [5.41, 5.74) is 1.22. The molecule has 0 aliphatic carbocycles. The van der Waals surface area contributed by atoms with Crippen molar-refractivity contribution >= 4 is 35.1 Å². The molecule has 0 bridgehead atoms. The lowest BCUT2D eigenvalue weighted by molar-refractivity contribution is -0.143. The van der Waals surface area contributed by atoms with Crippen LogP contribution < -0.4 is 10.2 Å². The number of nitrogens with zero attached hydrogens (tertiary/aromatic N) is 2. The monoisotopic (exact) mass is 385 g/mol. The molecule has 0 radical (unpaired) electrons. The normalized spacial score (nSPS) is 20.0. The van der Waals surface area contributed by atoms with E-state index < -0.39 is 18.3 Å². The maximum atomic E-state index is 12.8. The molecule has 1 aromatic carbocycles. The van der Waals surface area contributed by atoms with Crippen LogP contribution in [-0.2, 0) is 4.79 Å². The number of likely N-dealkylation sites (tertiary alicyclic amines) is 1. The van der Waals surface area contributed by atoms with Crippen molar-refractivity contribution in [3.8, 4) is 0 Å². The first-order valence-corrected chi connectivity index (χ1v) is 9.51. The average molecular weight is 385 g/mol. The number of carboxylic acid groups (broad SMARTS) is 1. The van der Waals surface area contributed by atoms with Crippen LogP contribution in [0.1, 0.15) is 12.8 Å². The number of hydrogen-bond donors (Lipinski definition) is 2. The van der Waals surface area contributed by atoms with Crippen LogP contribution in [0.25, 0.3) is 0 Å². The first-order valence-electron chi connectivity index (χ1n) is 8.52. The Balaban J connectivity index is 1.70. The number of benzene rings is 1. The molecule has 3 rings (SSSR count). The second-order valence-corrected chi connectivity index (χ2v) is 7.56. The van der Waals surface area contributed by atoms with Crippen LogP contribution in [0.5, 0.6) is 0 Å². The topological polar surface area (TPSA) is 72.9 Å². The van der Waals surface area contributed by atoms with E-state index in [1.165, 1.54) is 4.90 Å². The molecule has 1 unspecified atom stereocenters. The fourth-order valence-corrected chi connectivity index (χ4v) is 4.30. The molecule has 1 fully saturated rings. The van der Waals surface area contributed by atoms with Gasteiger partial charge in [0.15, 0.2) is 0 Å². The number of thioether (sulfide) groups is 1. The third-order valence-corrected chi connectivity index (χ3v) is 5.63. The van der Waals surface area contributed by atoms with Gasteiger partial charge >= 0.3 is 12.0 Å². The van der Waals surface area contributed by atoms with Gasteiger partial charge in [0.1, 0.15) is 0 Å². The fraction of sp³-hybridized carbons (Fsp3) is 0.529. The highest BCUT2D eigenvalue weighted by Gasteiger charge is 2.28. The highest BCUT2D eigenvalue weighted by atomic mass is 32.2. The number of alkyl halides is 2. The summed E-state index contributed by atoms with van der Waals surface area (Å²) in [6.07, 6.45) is -1.21. The molecule has 26 heavy (non-hydrogen) atoms. The predicted octanol–water partition coefficient (Wildman–Crippen LogP) is 3.19. The first kappa shape index (κ1) is 18.8. The average Bonchev–Trinajstić information content (AvgIpc) is 2.62. The molecule has 0 aromatic heterocycles. The maximum absolute atomic E-state index is 12.8. The van der Waals surface area contributed by atoms with Gasteiger partial charge in [-0.25, -0.2) is 13.6 Å². The molecule has 142 valence electrons. The van der Waals surface area contributed by atoms with E-state index in [2.05, 4.69) is 5.32 Å². The zero-order chi connectivity index (χ0) is 18.7. The Hall–Kier alpha value is -2.03. The molecule has 2 amide bonds. The second-order valence-electron chi connectivity index (χ2n) is 6.42. The van der Waals surface area contributed by atoms with Gasteiger partial charge in [0.2, 0.25) is 0 Å². The van der Waals surface area contributed by atoms with Crippen molar-refractivity contribution in [2.75, 3.05) is 42.1 Å². The molecule has 2 aliphatic heterocycles. The molecule has 2 N–H and O–H groups in total. The summed E-state index contributed by atoms with van der Waals surface area (Å²) in [6.45, 7) is 0.885. The molecular weight excluding hydrogens is 364 g/mol. The van der Waals surface area contributed by atoms with Gasteiger partial charge in [0.25, 0.3) is 6.43 Å². The van der Waals surface area contributed by atoms with Gasteiger partial charge in [-0.3, -0.25) is 4.79 Å². The zero-order valence-corrected chi connectivity index (χ0v) is 15.0. The van der Waals surface area contributed by atoms with E-state index in [1.807, 2.05) is 6.07 Å². The summed E-state index contributed by atoms with van der Waals surface area (Å²) in [6, 6.07) is 4.91. The number of carboxylic acids is 1. The summed E-state index contributed by atoms with van der Waals surface area (Å²) in [5, 5.41) is 11.9. The minimum atomic E-state index is -2.43. The Morgan fingerprint density at radius 2 is 2.15 bits per heavy atom. The van der Waals surface area contributed by atoms with Crippen molar-refractivity contribution in [1.29, 1.82) is 0 Å². The number of urea groups is 1. The predicted molar refractivity (Wildman–Crippen MR) is 96.3 cm³/mol. The number of nitrogens with one attached hydrogen (secondary N) is 1. The van der Waals surface area contributed by atoms with Crippen LogP contribution in [0.2, 0.25) is 0 Å². The minimum Gasteiger partial charge on any atom is -0.481 e. The van der Waals surface area contributed by atoms with E-state index >= 15 is 0 Å². The summed E-state index contributed by atoms with van der Waals surface area (Å²) in [4.78, 5) is 27.6. The van der Waals surface area contributed by atoms with E-state index in [-0.39, 0.29) is 19.1 Å². The second kappa shape index (κ2) is 8.11. The standard InChI is InChI=1S/C17H21F2N3O3S/c18-15(19)10-21-6-7-26-14-4-3-12(8-13(14)21)20-17(25)22-5-1-2-11(9-22)16(23)24/h3-4,8,11,15H,1-2,5-7,9-10H2,(H,20,25)(H,23,24). The lowest BCUT2D eigenvalue weighted by Crippen LogP contribution is -2.44. The van der Waals surface area contributed by atoms with Crippen LogP contribution in [0.15, 0.2) is 23.1 Å². The van der Waals surface area contributed by atoms with Gasteiger partial charge < -0.3 is 20.2 Å². The quantitative estimate of drug-likeness (QED) is 0.833. The number of carbonyl (C=O) groups is 2. The van der Waals surface area contributed by atoms with Crippen LogP contribution in [-0.4, -0.2) is 60.4 Å². The van der Waals surface area contributed by atoms with Crippen molar-refractivity contribution < 1.29 is 23.5 Å². The molecule has 0 saturated carbocycles. The van der Waals surface area contributed by atoms with Gasteiger partial charge in [-0.2, -0.15) is 0 Å². The number of aliphatic carboxylic acids is 1. The van der Waals surface area contributed by atoms with Crippen molar-refractivity contribution in [1.82, 2.24) is 4.90 Å². The molecule has 1 aromatic rings. The Morgan fingerprint density at radius 3 is 2.88 bits per heavy atom. The summed E-state index contributed by atoms with van der Waals surface area (Å²) < 4.78 is 25.6. The zero-order valence-electron chi connectivity index (χ0n) is 14.2. The van der Waals surface area contributed by atoms with Crippen molar-refractivity contribution in [3.05, 3.63) is 18.2 Å². The SMILES string of the molecule is O=C(O)C1CCCN(C(=O)Nc2ccc3c(c2)N(CC(F)F)CCS3)C1. The van der Waals surface area contributed by atoms with Gasteiger partial charge in [-0.1, -0.05) is 0 Å². The maximum Gasteiger partial charge on any atom is 0.321 e. The van der Waals surface area contributed by atoms with Crippen molar-refractivity contribution in [2.24, 2.45) is 5.92 Å². The summed E-state index contributed by atoms with van der Waals surface area (Å²) in [7, 11) is 0. The third-order valence-electron chi connectivity index (χ3n) is 4.59. The summed E-state index contributed by atoms with van der Waals surface area (Å²) in [5.74, 6) is -0.692. The molecule has 1 atom stereocenters. The fourth-order valence-electron chi connectivity index (χ4n) is 3.27. The number of piperidine rings is 1. The Kier molecular flexibility index (Phi) is 5.85. The van der Waals surface area contributed by atoms with E-state index in [1.54, 1.807) is 28.8 Å². The van der Waals surface area contributed by atoms with E-state index in [0.717, 1.165) is 10.6 Å². The van der Waals surface area contributed by atoms with Crippen LogP contribution in [0.4, 0.5) is 25.0 Å². The smallest absolute Gasteiger partial charge is 0.321 e.